The first kappa shape index (κ1) is 14.5. The van der Waals surface area contributed by atoms with E-state index < -0.39 is 0 Å². The summed E-state index contributed by atoms with van der Waals surface area (Å²) in [6, 6.07) is 13.7. The van der Waals surface area contributed by atoms with Crippen molar-refractivity contribution in [2.45, 2.75) is 18.5 Å². The Labute approximate surface area is 129 Å². The SMILES string of the molecule is CN1CC[C@@H](NC(=O)Nc2cccnn2)[C@H]1c1ccccc1. The van der Waals surface area contributed by atoms with E-state index in [9.17, 15) is 4.79 Å². The van der Waals surface area contributed by atoms with Gasteiger partial charge in [-0.3, -0.25) is 10.2 Å². The second-order valence-electron chi connectivity index (χ2n) is 5.44. The number of aromatic nitrogens is 2. The molecule has 1 fully saturated rings. The highest BCUT2D eigenvalue weighted by Crippen LogP contribution is 2.30. The number of nitrogens with one attached hydrogen (secondary N) is 2. The molecule has 0 spiro atoms. The van der Waals surface area contributed by atoms with Crippen molar-refractivity contribution in [1.29, 1.82) is 0 Å². The van der Waals surface area contributed by atoms with Gasteiger partial charge >= 0.3 is 6.03 Å². The summed E-state index contributed by atoms with van der Waals surface area (Å²) in [4.78, 5) is 14.4. The number of hydrogen-bond donors (Lipinski definition) is 2. The van der Waals surface area contributed by atoms with E-state index in [1.807, 2.05) is 18.2 Å². The molecule has 6 nitrogen and oxygen atoms in total. The maximum absolute atomic E-state index is 12.1. The second-order valence-corrected chi connectivity index (χ2v) is 5.44. The van der Waals surface area contributed by atoms with Gasteiger partial charge in [0.15, 0.2) is 5.82 Å². The van der Waals surface area contributed by atoms with Gasteiger partial charge in [0, 0.05) is 12.7 Å². The van der Waals surface area contributed by atoms with Gasteiger partial charge in [0.2, 0.25) is 0 Å². The molecule has 0 saturated carbocycles. The predicted octanol–water partition coefficient (Wildman–Crippen LogP) is 2.04. The van der Waals surface area contributed by atoms with Gasteiger partial charge in [0.05, 0.1) is 12.1 Å². The maximum Gasteiger partial charge on any atom is 0.320 e. The molecule has 1 aromatic carbocycles. The fourth-order valence-electron chi connectivity index (χ4n) is 2.92. The molecule has 0 radical (unpaired) electrons. The summed E-state index contributed by atoms with van der Waals surface area (Å²) in [7, 11) is 2.08. The molecule has 0 bridgehead atoms. The van der Waals surface area contributed by atoms with E-state index in [1.54, 1.807) is 18.3 Å². The monoisotopic (exact) mass is 297 g/mol. The Kier molecular flexibility index (Phi) is 4.29. The first-order chi connectivity index (χ1) is 10.7. The molecule has 2 heterocycles. The summed E-state index contributed by atoms with van der Waals surface area (Å²) < 4.78 is 0. The van der Waals surface area contributed by atoms with E-state index >= 15 is 0 Å². The van der Waals surface area contributed by atoms with E-state index in [2.05, 4.69) is 44.9 Å². The summed E-state index contributed by atoms with van der Waals surface area (Å²) >= 11 is 0. The van der Waals surface area contributed by atoms with Crippen LogP contribution in [0, 0.1) is 0 Å². The minimum atomic E-state index is -0.248. The summed E-state index contributed by atoms with van der Waals surface area (Å²) in [6.07, 6.45) is 2.49. The van der Waals surface area contributed by atoms with Gasteiger partial charge < -0.3 is 5.32 Å². The number of rotatable bonds is 3. The molecule has 2 N–H and O–H groups in total. The van der Waals surface area contributed by atoms with Gasteiger partial charge in [-0.1, -0.05) is 30.3 Å². The summed E-state index contributed by atoms with van der Waals surface area (Å²) in [5.74, 6) is 0.447. The highest BCUT2D eigenvalue weighted by molar-refractivity contribution is 5.88. The van der Waals surface area contributed by atoms with Gasteiger partial charge in [0.1, 0.15) is 0 Å². The number of urea groups is 1. The van der Waals surface area contributed by atoms with Crippen molar-refractivity contribution in [3.8, 4) is 0 Å². The smallest absolute Gasteiger partial charge is 0.320 e. The Morgan fingerprint density at radius 1 is 1.23 bits per heavy atom. The Morgan fingerprint density at radius 2 is 2.05 bits per heavy atom. The zero-order valence-electron chi connectivity index (χ0n) is 12.4. The average Bonchev–Trinajstić information content (AvgIpc) is 2.89. The van der Waals surface area contributed by atoms with E-state index in [4.69, 9.17) is 0 Å². The fraction of sp³-hybridized carbons (Fsp3) is 0.312. The summed E-state index contributed by atoms with van der Waals surface area (Å²) in [5, 5.41) is 13.4. The molecular formula is C16H19N5O. The molecule has 1 aromatic heterocycles. The van der Waals surface area contributed by atoms with Gasteiger partial charge in [-0.25, -0.2) is 4.79 Å². The van der Waals surface area contributed by atoms with Crippen LogP contribution in [0.5, 0.6) is 0 Å². The highest BCUT2D eigenvalue weighted by atomic mass is 16.2. The van der Waals surface area contributed by atoms with Crippen LogP contribution in [-0.4, -0.2) is 40.8 Å². The number of likely N-dealkylation sites (tertiary alicyclic amines) is 1. The van der Waals surface area contributed by atoms with Crippen LogP contribution < -0.4 is 10.6 Å². The van der Waals surface area contributed by atoms with Crippen LogP contribution in [0.1, 0.15) is 18.0 Å². The van der Waals surface area contributed by atoms with Crippen molar-refractivity contribution in [3.05, 3.63) is 54.2 Å². The van der Waals surface area contributed by atoms with Crippen LogP contribution >= 0.6 is 0 Å². The number of benzene rings is 1. The lowest BCUT2D eigenvalue weighted by atomic mass is 10.0. The third kappa shape index (κ3) is 3.23. The third-order valence-corrected chi connectivity index (χ3v) is 3.92. The summed E-state index contributed by atoms with van der Waals surface area (Å²) in [5.41, 5.74) is 1.22. The molecular weight excluding hydrogens is 278 g/mol. The molecule has 0 aliphatic carbocycles. The first-order valence-corrected chi connectivity index (χ1v) is 7.34. The molecule has 2 amide bonds. The molecule has 3 rings (SSSR count). The molecule has 2 aromatic rings. The minimum Gasteiger partial charge on any atom is -0.333 e. The van der Waals surface area contributed by atoms with E-state index in [0.29, 0.717) is 5.82 Å². The van der Waals surface area contributed by atoms with Gasteiger partial charge in [0.25, 0.3) is 0 Å². The minimum absolute atomic E-state index is 0.0732. The van der Waals surface area contributed by atoms with Crippen LogP contribution in [0.4, 0.5) is 10.6 Å². The van der Waals surface area contributed by atoms with E-state index in [-0.39, 0.29) is 18.1 Å². The Hall–Kier alpha value is -2.47. The van der Waals surface area contributed by atoms with E-state index in [1.165, 1.54) is 5.56 Å². The molecule has 1 aliphatic heterocycles. The zero-order valence-corrected chi connectivity index (χ0v) is 12.4. The highest BCUT2D eigenvalue weighted by Gasteiger charge is 2.33. The molecule has 2 atom stereocenters. The quantitative estimate of drug-likeness (QED) is 0.909. The third-order valence-electron chi connectivity index (χ3n) is 3.92. The first-order valence-electron chi connectivity index (χ1n) is 7.34. The Morgan fingerprint density at radius 3 is 2.77 bits per heavy atom. The van der Waals surface area contributed by atoms with Gasteiger partial charge in [-0.2, -0.15) is 5.10 Å². The molecule has 6 heteroatoms. The largest absolute Gasteiger partial charge is 0.333 e. The van der Waals surface area contributed by atoms with Crippen molar-refractivity contribution < 1.29 is 4.79 Å². The number of anilines is 1. The Bertz CT molecular complexity index is 619. The number of carbonyl (C=O) groups excluding carboxylic acids is 1. The molecule has 1 aliphatic rings. The molecule has 22 heavy (non-hydrogen) atoms. The van der Waals surface area contributed by atoms with Gasteiger partial charge in [-0.05, 0) is 31.2 Å². The average molecular weight is 297 g/mol. The van der Waals surface area contributed by atoms with Crippen LogP contribution in [0.2, 0.25) is 0 Å². The van der Waals surface area contributed by atoms with Gasteiger partial charge in [-0.15, -0.1) is 5.10 Å². The fourth-order valence-corrected chi connectivity index (χ4v) is 2.92. The number of hydrogen-bond acceptors (Lipinski definition) is 4. The molecule has 1 saturated heterocycles. The van der Waals surface area contributed by atoms with Crippen molar-refractivity contribution in [2.24, 2.45) is 0 Å². The lowest BCUT2D eigenvalue weighted by molar-refractivity contribution is 0.240. The standard InChI is InChI=1S/C16H19N5O/c1-21-11-9-13(15(21)12-6-3-2-4-7-12)18-16(22)19-14-8-5-10-17-20-14/h2-8,10,13,15H,9,11H2,1H3,(H2,18,19,20,22)/t13-,15-/m1/s1. The van der Waals surface area contributed by atoms with Crippen LogP contribution in [0.15, 0.2) is 48.7 Å². The van der Waals surface area contributed by atoms with Crippen LogP contribution in [-0.2, 0) is 0 Å². The predicted molar refractivity (Wildman–Crippen MR) is 84.4 cm³/mol. The lowest BCUT2D eigenvalue weighted by Gasteiger charge is -2.26. The van der Waals surface area contributed by atoms with Crippen LogP contribution in [0.25, 0.3) is 0 Å². The number of likely N-dealkylation sites (N-methyl/N-ethyl adjacent to an activating group) is 1. The molecule has 0 unspecified atom stereocenters. The number of amides is 2. The van der Waals surface area contributed by atoms with Crippen molar-refractivity contribution in [2.75, 3.05) is 18.9 Å². The normalized spacial score (nSPS) is 21.5. The Balaban J connectivity index is 1.67. The lowest BCUT2D eigenvalue weighted by Crippen LogP contribution is -2.41. The van der Waals surface area contributed by atoms with Crippen molar-refractivity contribution in [3.63, 3.8) is 0 Å². The topological polar surface area (TPSA) is 70.2 Å². The maximum atomic E-state index is 12.1. The number of nitrogens with zero attached hydrogens (tertiary/aromatic N) is 3. The molecule has 114 valence electrons. The van der Waals surface area contributed by atoms with Crippen molar-refractivity contribution in [1.82, 2.24) is 20.4 Å². The number of carbonyl (C=O) groups is 1. The summed E-state index contributed by atoms with van der Waals surface area (Å²) in [6.45, 7) is 0.954. The van der Waals surface area contributed by atoms with Crippen molar-refractivity contribution >= 4 is 11.8 Å². The second kappa shape index (κ2) is 6.53. The van der Waals surface area contributed by atoms with Crippen LogP contribution in [0.3, 0.4) is 0 Å². The van der Waals surface area contributed by atoms with E-state index in [0.717, 1.165) is 13.0 Å². The zero-order chi connectivity index (χ0) is 15.4.